The van der Waals surface area contributed by atoms with E-state index in [0.717, 1.165) is 77.9 Å². The fourth-order valence-electron chi connectivity index (χ4n) is 11.0. The van der Waals surface area contributed by atoms with Crippen molar-refractivity contribution in [1.82, 2.24) is 9.13 Å². The Morgan fingerprint density at radius 1 is 0.364 bits per heavy atom. The topological polar surface area (TPSA) is 140 Å². The molecule has 2 N–H and O–H groups in total. The third-order valence-corrected chi connectivity index (χ3v) is 16.4. The van der Waals surface area contributed by atoms with Crippen LogP contribution < -0.4 is 30.1 Å². The molecule has 88 heavy (non-hydrogen) atoms. The van der Waals surface area contributed by atoms with Gasteiger partial charge in [-0.25, -0.2) is 0 Å². The third-order valence-electron chi connectivity index (χ3n) is 16.4. The first-order valence-corrected chi connectivity index (χ1v) is 31.0. The van der Waals surface area contributed by atoms with Gasteiger partial charge in [0.1, 0.15) is 49.4 Å². The van der Waals surface area contributed by atoms with E-state index >= 15 is 0 Å². The standard InChI is InChI=1S/C76H90N2O10/c1-73(2,3)61-41-53-37-57-45-63(75(7,8)9)47-59(69(57)85-35-33-83-31-29-77-27-19-25-65(71(77)81)87-49-51-21-15-13-16-22-51)39-55-43-62(74(4,5)6)44-56(68(55)80)40-60-48-64(76(10,11)12)46-58(38-54(42-61)67(53)79)70(60)86-36-34-84-32-30-78-28-20-26-66(72(78)82)88-50-52-23-17-14-18-24-52/h13-28,41-48,79-80H,29-40,49-50H2,1-12H3. The number of hydrogen-bond donors (Lipinski definition) is 2. The molecule has 0 saturated carbocycles. The molecule has 8 bridgehead atoms. The third kappa shape index (κ3) is 16.4. The average molecular weight is 1190 g/mol. The minimum Gasteiger partial charge on any atom is -0.507 e. The van der Waals surface area contributed by atoms with Gasteiger partial charge in [0.2, 0.25) is 0 Å². The van der Waals surface area contributed by atoms with Crippen molar-refractivity contribution in [2.24, 2.45) is 0 Å². The quantitative estimate of drug-likeness (QED) is 0.0709. The Kier molecular flexibility index (Phi) is 20.2. The number of hydrogen-bond acceptors (Lipinski definition) is 10. The van der Waals surface area contributed by atoms with Crippen molar-refractivity contribution in [2.75, 3.05) is 39.6 Å². The highest BCUT2D eigenvalue weighted by atomic mass is 16.5. The minimum atomic E-state index is -0.281. The highest BCUT2D eigenvalue weighted by molar-refractivity contribution is 5.59. The van der Waals surface area contributed by atoms with Gasteiger partial charge in [-0.1, -0.05) is 192 Å². The number of ether oxygens (including phenoxy) is 6. The Bertz CT molecular complexity index is 3470. The number of pyridine rings is 2. The lowest BCUT2D eigenvalue weighted by Gasteiger charge is -2.28. The van der Waals surface area contributed by atoms with Crippen LogP contribution in [0.4, 0.5) is 0 Å². The van der Waals surface area contributed by atoms with Crippen molar-refractivity contribution in [3.63, 3.8) is 0 Å². The van der Waals surface area contributed by atoms with Crippen LogP contribution in [-0.4, -0.2) is 59.0 Å². The summed E-state index contributed by atoms with van der Waals surface area (Å²) < 4.78 is 41.4. The second-order valence-corrected chi connectivity index (χ2v) is 27.5. The molecule has 2 aromatic heterocycles. The summed E-state index contributed by atoms with van der Waals surface area (Å²) in [6, 6.07) is 43.9. The lowest BCUT2D eigenvalue weighted by Crippen LogP contribution is -2.23. The summed E-state index contributed by atoms with van der Waals surface area (Å²) >= 11 is 0. The Morgan fingerprint density at radius 2 is 0.659 bits per heavy atom. The van der Waals surface area contributed by atoms with E-state index < -0.39 is 0 Å². The van der Waals surface area contributed by atoms with Gasteiger partial charge in [-0.2, -0.15) is 0 Å². The molecular formula is C76H90N2O10. The van der Waals surface area contributed by atoms with E-state index in [9.17, 15) is 19.8 Å². The van der Waals surface area contributed by atoms with Crippen LogP contribution in [0.2, 0.25) is 0 Å². The predicted molar refractivity (Wildman–Crippen MR) is 351 cm³/mol. The molecule has 0 saturated heterocycles. The van der Waals surface area contributed by atoms with Crippen LogP contribution in [0, 0.1) is 0 Å². The molecule has 0 atom stereocenters. The summed E-state index contributed by atoms with van der Waals surface area (Å²) in [5, 5.41) is 25.7. The summed E-state index contributed by atoms with van der Waals surface area (Å²) in [7, 11) is 0. The van der Waals surface area contributed by atoms with E-state index in [4.69, 9.17) is 28.4 Å². The van der Waals surface area contributed by atoms with E-state index in [0.29, 0.717) is 63.5 Å². The molecule has 1 aliphatic carbocycles. The molecule has 0 unspecified atom stereocenters. The summed E-state index contributed by atoms with van der Waals surface area (Å²) in [4.78, 5) is 26.9. The molecule has 464 valence electrons. The fraction of sp³-hybridized carbons (Fsp3) is 0.395. The van der Waals surface area contributed by atoms with E-state index in [-0.39, 0.29) is 95.4 Å². The van der Waals surface area contributed by atoms with Crippen LogP contribution in [-0.2, 0) is 83.1 Å². The Morgan fingerprint density at radius 3 is 0.955 bits per heavy atom. The van der Waals surface area contributed by atoms with Gasteiger partial charge in [0.15, 0.2) is 11.5 Å². The number of fused-ring (bicyclic) bond motifs is 8. The summed E-state index contributed by atoms with van der Waals surface area (Å²) in [6.45, 7) is 29.1. The molecule has 0 spiro atoms. The first-order valence-electron chi connectivity index (χ1n) is 31.0. The van der Waals surface area contributed by atoms with E-state index in [1.807, 2.05) is 72.8 Å². The maximum absolute atomic E-state index is 13.4. The van der Waals surface area contributed by atoms with Crippen molar-refractivity contribution in [1.29, 1.82) is 0 Å². The smallest absolute Gasteiger partial charge is 0.292 e. The van der Waals surface area contributed by atoms with Crippen LogP contribution in [0.3, 0.4) is 0 Å². The zero-order valence-corrected chi connectivity index (χ0v) is 53.8. The largest absolute Gasteiger partial charge is 0.507 e. The number of phenols is 2. The van der Waals surface area contributed by atoms with E-state index in [1.165, 1.54) is 0 Å². The zero-order valence-electron chi connectivity index (χ0n) is 53.8. The minimum absolute atomic E-state index is 0.208. The molecular weight excluding hydrogens is 1100 g/mol. The molecule has 2 heterocycles. The number of phenolic OH excluding ortho intramolecular Hbond substituents is 2. The maximum Gasteiger partial charge on any atom is 0.292 e. The molecule has 1 aliphatic rings. The van der Waals surface area contributed by atoms with Gasteiger partial charge >= 0.3 is 0 Å². The van der Waals surface area contributed by atoms with Crippen LogP contribution in [0.15, 0.2) is 155 Å². The molecule has 0 aliphatic heterocycles. The van der Waals surface area contributed by atoms with Crippen molar-refractivity contribution < 1.29 is 38.6 Å². The monoisotopic (exact) mass is 1190 g/mol. The van der Waals surface area contributed by atoms with Gasteiger partial charge in [-0.15, -0.1) is 0 Å². The van der Waals surface area contributed by atoms with Crippen molar-refractivity contribution in [3.05, 3.63) is 244 Å². The van der Waals surface area contributed by atoms with Crippen LogP contribution >= 0.6 is 0 Å². The maximum atomic E-state index is 13.4. The Balaban J connectivity index is 1.05. The fourth-order valence-corrected chi connectivity index (χ4v) is 11.0. The lowest BCUT2D eigenvalue weighted by atomic mass is 9.79. The van der Waals surface area contributed by atoms with Gasteiger partial charge in [0.25, 0.3) is 11.1 Å². The molecule has 0 fully saturated rings. The van der Waals surface area contributed by atoms with Crippen molar-refractivity contribution in [3.8, 4) is 34.5 Å². The molecule has 8 aromatic rings. The van der Waals surface area contributed by atoms with E-state index in [1.54, 1.807) is 33.7 Å². The number of nitrogens with zero attached hydrogens (tertiary/aromatic N) is 2. The lowest BCUT2D eigenvalue weighted by molar-refractivity contribution is 0.0931. The van der Waals surface area contributed by atoms with Crippen LogP contribution in [0.5, 0.6) is 34.5 Å². The highest BCUT2D eigenvalue weighted by Gasteiger charge is 2.29. The van der Waals surface area contributed by atoms with Gasteiger partial charge in [-0.3, -0.25) is 9.59 Å². The van der Waals surface area contributed by atoms with Crippen molar-refractivity contribution >= 4 is 0 Å². The zero-order chi connectivity index (χ0) is 63.0. The first kappa shape index (κ1) is 64.4. The van der Waals surface area contributed by atoms with Crippen molar-refractivity contribution in [2.45, 2.75) is 157 Å². The summed E-state index contributed by atoms with van der Waals surface area (Å²) in [5.41, 5.74) is 11.4. The number of benzene rings is 6. The van der Waals surface area contributed by atoms with E-state index in [2.05, 4.69) is 132 Å². The number of aromatic nitrogens is 2. The highest BCUT2D eigenvalue weighted by Crippen LogP contribution is 2.44. The molecule has 0 amide bonds. The number of rotatable bonds is 20. The molecule has 9 rings (SSSR count). The second-order valence-electron chi connectivity index (χ2n) is 27.5. The Labute approximate surface area is 520 Å². The normalized spacial score (nSPS) is 12.9. The van der Waals surface area contributed by atoms with Gasteiger partial charge in [-0.05, 0) is 124 Å². The molecule has 6 aromatic carbocycles. The van der Waals surface area contributed by atoms with Crippen LogP contribution in [0.1, 0.15) is 161 Å². The molecule has 12 heteroatoms. The number of aromatic hydroxyl groups is 2. The molecule has 12 nitrogen and oxygen atoms in total. The first-order chi connectivity index (χ1) is 41.8. The Hall–Kier alpha value is -8.06. The summed E-state index contributed by atoms with van der Waals surface area (Å²) in [5.74, 6) is 2.33. The van der Waals surface area contributed by atoms with Gasteiger partial charge in [0, 0.05) is 51.2 Å². The van der Waals surface area contributed by atoms with Gasteiger partial charge < -0.3 is 47.8 Å². The molecule has 0 radical (unpaired) electrons. The van der Waals surface area contributed by atoms with Crippen LogP contribution in [0.25, 0.3) is 0 Å². The van der Waals surface area contributed by atoms with Gasteiger partial charge in [0.05, 0.1) is 26.4 Å². The predicted octanol–water partition coefficient (Wildman–Crippen LogP) is 14.6. The second kappa shape index (κ2) is 27.5. The summed E-state index contributed by atoms with van der Waals surface area (Å²) in [6.07, 6.45) is 4.89. The SMILES string of the molecule is CC(C)(C)c1cc2c(O)c(c1)Cc1cc(C(C)(C)C)cc(c1OCCOCCn1cccc(OCc3ccccc3)c1=O)Cc1cc(C(C)(C)C)cc(c1O)Cc1cc(C(C)(C)C)cc(c1OCCOCCn1cccc(OCc3ccccc3)c1=O)C2. The average Bonchev–Trinajstić information content (AvgIpc) is 0.924.